The summed E-state index contributed by atoms with van der Waals surface area (Å²) in [4.78, 5) is 3.90. The number of rotatable bonds is 7. The molecule has 0 fully saturated rings. The van der Waals surface area contributed by atoms with Gasteiger partial charge in [0.2, 0.25) is 10.0 Å². The summed E-state index contributed by atoms with van der Waals surface area (Å²) in [6.07, 6.45) is 3.84. The van der Waals surface area contributed by atoms with Crippen LogP contribution in [0.4, 0.5) is 0 Å². The highest BCUT2D eigenvalue weighted by molar-refractivity contribution is 7.89. The highest BCUT2D eigenvalue weighted by Crippen LogP contribution is 2.06. The van der Waals surface area contributed by atoms with Gasteiger partial charge in [0, 0.05) is 26.0 Å². The molecule has 1 rings (SSSR count). The molecule has 0 bridgehead atoms. The van der Waals surface area contributed by atoms with Gasteiger partial charge in [-0.25, -0.2) is 12.7 Å². The monoisotopic (exact) mass is 271 g/mol. The van der Waals surface area contributed by atoms with Crippen LogP contribution in [0.1, 0.15) is 12.5 Å². The molecule has 1 aromatic rings. The molecule has 0 saturated carbocycles. The van der Waals surface area contributed by atoms with E-state index >= 15 is 0 Å². The average Bonchev–Trinajstić information content (AvgIpc) is 2.37. The summed E-state index contributed by atoms with van der Waals surface area (Å²) >= 11 is 0. The van der Waals surface area contributed by atoms with Gasteiger partial charge in [0.1, 0.15) is 0 Å². The SMILES string of the molecule is CC(CN)CN(C)S(=O)(=O)CCc1ccncc1. The predicted octanol–water partition coefficient (Wildman–Crippen LogP) is 0.481. The lowest BCUT2D eigenvalue weighted by Crippen LogP contribution is -2.35. The first kappa shape index (κ1) is 15.1. The smallest absolute Gasteiger partial charge is 0.214 e. The molecule has 2 N–H and O–H groups in total. The van der Waals surface area contributed by atoms with E-state index in [9.17, 15) is 8.42 Å². The third-order valence-electron chi connectivity index (χ3n) is 2.84. The number of pyridine rings is 1. The molecule has 1 aromatic heterocycles. The fourth-order valence-electron chi connectivity index (χ4n) is 1.58. The third kappa shape index (κ3) is 4.72. The van der Waals surface area contributed by atoms with Crippen LogP contribution in [0.2, 0.25) is 0 Å². The van der Waals surface area contributed by atoms with E-state index in [1.807, 2.05) is 19.1 Å². The Morgan fingerprint density at radius 3 is 2.56 bits per heavy atom. The van der Waals surface area contributed by atoms with Gasteiger partial charge in [-0.05, 0) is 36.6 Å². The molecule has 5 nitrogen and oxygen atoms in total. The average molecular weight is 271 g/mol. The van der Waals surface area contributed by atoms with E-state index in [2.05, 4.69) is 4.98 Å². The van der Waals surface area contributed by atoms with Gasteiger partial charge in [0.05, 0.1) is 5.75 Å². The van der Waals surface area contributed by atoms with Gasteiger partial charge in [0.25, 0.3) is 0 Å². The van der Waals surface area contributed by atoms with E-state index in [0.717, 1.165) is 5.56 Å². The lowest BCUT2D eigenvalue weighted by molar-refractivity contribution is 0.405. The highest BCUT2D eigenvalue weighted by atomic mass is 32.2. The summed E-state index contributed by atoms with van der Waals surface area (Å²) < 4.78 is 25.4. The molecule has 0 radical (unpaired) electrons. The van der Waals surface area contributed by atoms with E-state index < -0.39 is 10.0 Å². The molecular formula is C12H21N3O2S. The van der Waals surface area contributed by atoms with Gasteiger partial charge in [-0.3, -0.25) is 4.98 Å². The van der Waals surface area contributed by atoms with E-state index in [-0.39, 0.29) is 11.7 Å². The van der Waals surface area contributed by atoms with Crippen molar-refractivity contribution < 1.29 is 8.42 Å². The maximum Gasteiger partial charge on any atom is 0.214 e. The Balaban J connectivity index is 2.54. The molecule has 0 aliphatic carbocycles. The van der Waals surface area contributed by atoms with Crippen LogP contribution in [-0.4, -0.2) is 43.6 Å². The van der Waals surface area contributed by atoms with Crippen LogP contribution in [0.15, 0.2) is 24.5 Å². The first-order valence-corrected chi connectivity index (χ1v) is 7.59. The number of sulfonamides is 1. The van der Waals surface area contributed by atoms with Crippen LogP contribution in [-0.2, 0) is 16.4 Å². The van der Waals surface area contributed by atoms with Crippen LogP contribution in [0, 0.1) is 5.92 Å². The van der Waals surface area contributed by atoms with Gasteiger partial charge in [0.15, 0.2) is 0 Å². The van der Waals surface area contributed by atoms with E-state index in [1.54, 1.807) is 19.4 Å². The number of aromatic nitrogens is 1. The summed E-state index contributed by atoms with van der Waals surface area (Å²) in [6, 6.07) is 3.66. The first-order chi connectivity index (χ1) is 8.45. The normalized spacial score (nSPS) is 13.8. The van der Waals surface area contributed by atoms with Crippen molar-refractivity contribution in [2.45, 2.75) is 13.3 Å². The van der Waals surface area contributed by atoms with Crippen LogP contribution in [0.3, 0.4) is 0 Å². The molecule has 0 saturated heterocycles. The fraction of sp³-hybridized carbons (Fsp3) is 0.583. The number of hydrogen-bond acceptors (Lipinski definition) is 4. The maximum absolute atomic E-state index is 12.0. The van der Waals surface area contributed by atoms with Gasteiger partial charge in [-0.2, -0.15) is 0 Å². The lowest BCUT2D eigenvalue weighted by atomic mass is 10.2. The second kappa shape index (κ2) is 6.82. The third-order valence-corrected chi connectivity index (χ3v) is 4.66. The minimum absolute atomic E-state index is 0.116. The topological polar surface area (TPSA) is 76.3 Å². The summed E-state index contributed by atoms with van der Waals surface area (Å²) in [5.41, 5.74) is 6.48. The Labute approximate surface area is 109 Å². The van der Waals surface area contributed by atoms with Crippen LogP contribution >= 0.6 is 0 Å². The maximum atomic E-state index is 12.0. The minimum Gasteiger partial charge on any atom is -0.330 e. The van der Waals surface area contributed by atoms with Crippen molar-refractivity contribution in [2.24, 2.45) is 11.7 Å². The molecule has 1 unspecified atom stereocenters. The molecule has 18 heavy (non-hydrogen) atoms. The van der Waals surface area contributed by atoms with Gasteiger partial charge < -0.3 is 5.73 Å². The highest BCUT2D eigenvalue weighted by Gasteiger charge is 2.19. The molecule has 0 spiro atoms. The molecule has 102 valence electrons. The van der Waals surface area contributed by atoms with Crippen LogP contribution in [0.25, 0.3) is 0 Å². The zero-order valence-corrected chi connectivity index (χ0v) is 11.7. The molecule has 6 heteroatoms. The van der Waals surface area contributed by atoms with E-state index in [4.69, 9.17) is 5.73 Å². The summed E-state index contributed by atoms with van der Waals surface area (Å²) in [5, 5.41) is 0. The Bertz CT molecular complexity index is 448. The number of nitrogens with two attached hydrogens (primary N) is 1. The molecule has 0 aliphatic heterocycles. The summed E-state index contributed by atoms with van der Waals surface area (Å²) in [5.74, 6) is 0.288. The molecule has 0 aliphatic rings. The lowest BCUT2D eigenvalue weighted by Gasteiger charge is -2.20. The Morgan fingerprint density at radius 2 is 2.00 bits per heavy atom. The zero-order valence-electron chi connectivity index (χ0n) is 10.9. The van der Waals surface area contributed by atoms with Crippen molar-refractivity contribution >= 4 is 10.0 Å². The van der Waals surface area contributed by atoms with Crippen LogP contribution in [0.5, 0.6) is 0 Å². The van der Waals surface area contributed by atoms with Gasteiger partial charge >= 0.3 is 0 Å². The van der Waals surface area contributed by atoms with Crippen molar-refractivity contribution in [3.05, 3.63) is 30.1 Å². The van der Waals surface area contributed by atoms with Crippen molar-refractivity contribution in [3.8, 4) is 0 Å². The zero-order chi connectivity index (χ0) is 13.6. The Kier molecular flexibility index (Phi) is 5.71. The predicted molar refractivity (Wildman–Crippen MR) is 72.6 cm³/mol. The largest absolute Gasteiger partial charge is 0.330 e. The van der Waals surface area contributed by atoms with Crippen LogP contribution < -0.4 is 5.73 Å². The Morgan fingerprint density at radius 1 is 1.39 bits per heavy atom. The van der Waals surface area contributed by atoms with Gasteiger partial charge in [-0.15, -0.1) is 0 Å². The first-order valence-electron chi connectivity index (χ1n) is 5.98. The molecular weight excluding hydrogens is 250 g/mol. The summed E-state index contributed by atoms with van der Waals surface area (Å²) in [6.45, 7) is 2.90. The summed E-state index contributed by atoms with van der Waals surface area (Å²) in [7, 11) is -1.60. The molecule has 1 atom stereocenters. The van der Waals surface area contributed by atoms with Crippen molar-refractivity contribution in [2.75, 3.05) is 25.9 Å². The minimum atomic E-state index is -3.21. The number of aryl methyl sites for hydroxylation is 1. The second-order valence-corrected chi connectivity index (χ2v) is 6.74. The molecule has 0 aromatic carbocycles. The van der Waals surface area contributed by atoms with Gasteiger partial charge in [-0.1, -0.05) is 6.92 Å². The van der Waals surface area contributed by atoms with E-state index in [0.29, 0.717) is 19.5 Å². The van der Waals surface area contributed by atoms with Crippen molar-refractivity contribution in [1.29, 1.82) is 0 Å². The second-order valence-electron chi connectivity index (χ2n) is 4.54. The fourth-order valence-corrected chi connectivity index (χ4v) is 2.87. The van der Waals surface area contributed by atoms with E-state index in [1.165, 1.54) is 4.31 Å². The number of nitrogens with zero attached hydrogens (tertiary/aromatic N) is 2. The Hall–Kier alpha value is -0.980. The quantitative estimate of drug-likeness (QED) is 0.782. The molecule has 1 heterocycles. The van der Waals surface area contributed by atoms with Crippen molar-refractivity contribution in [3.63, 3.8) is 0 Å². The standard InChI is InChI=1S/C12H21N3O2S/c1-11(9-13)10-15(2)18(16,17)8-5-12-3-6-14-7-4-12/h3-4,6-7,11H,5,8-10,13H2,1-2H3. The number of hydrogen-bond donors (Lipinski definition) is 1. The molecule has 0 amide bonds. The van der Waals surface area contributed by atoms with Crippen molar-refractivity contribution in [1.82, 2.24) is 9.29 Å².